The summed E-state index contributed by atoms with van der Waals surface area (Å²) in [5.74, 6) is -1.09. The van der Waals surface area contributed by atoms with E-state index >= 15 is 0 Å². The molecule has 0 aliphatic heterocycles. The van der Waals surface area contributed by atoms with Crippen molar-refractivity contribution in [3.63, 3.8) is 0 Å². The molecule has 0 aliphatic rings. The number of hydrogen-bond acceptors (Lipinski definition) is 6. The molecule has 1 heterocycles. The minimum atomic E-state index is -0.619. The van der Waals surface area contributed by atoms with Crippen LogP contribution in [0.15, 0.2) is 24.3 Å². The van der Waals surface area contributed by atoms with Crippen LogP contribution in [0.4, 0.5) is 5.69 Å². The van der Waals surface area contributed by atoms with Crippen LogP contribution in [0.1, 0.15) is 15.4 Å². The third-order valence-electron chi connectivity index (χ3n) is 2.32. The first-order valence-electron chi connectivity index (χ1n) is 5.58. The van der Waals surface area contributed by atoms with Crippen molar-refractivity contribution in [2.24, 2.45) is 0 Å². The predicted octanol–water partition coefficient (Wildman–Crippen LogP) is 2.30. The Morgan fingerprint density at radius 3 is 2.80 bits per heavy atom. The van der Waals surface area contributed by atoms with Crippen LogP contribution >= 0.6 is 23.1 Å². The Morgan fingerprint density at radius 2 is 2.15 bits per heavy atom. The molecular weight excluding hydrogens is 302 g/mol. The number of anilines is 1. The maximum atomic E-state index is 11.7. The summed E-state index contributed by atoms with van der Waals surface area (Å²) in [6.07, 6.45) is 0. The molecule has 1 amide bonds. The number of para-hydroxylation sites is 1. The average Bonchev–Trinajstić information content (AvgIpc) is 2.85. The highest BCUT2D eigenvalue weighted by molar-refractivity contribution is 7.07. The normalized spacial score (nSPS) is 10.1. The molecule has 2 aromatic rings. The second-order valence-corrected chi connectivity index (χ2v) is 4.95. The fraction of sp³-hybridized carbons (Fsp3) is 0.167. The lowest BCUT2D eigenvalue weighted by Crippen LogP contribution is -2.21. The molecule has 0 fully saturated rings. The van der Waals surface area contributed by atoms with Crippen LogP contribution in [-0.4, -0.2) is 28.1 Å². The lowest BCUT2D eigenvalue weighted by atomic mass is 10.3. The summed E-state index contributed by atoms with van der Waals surface area (Å²) in [4.78, 5) is 23.6. The summed E-state index contributed by atoms with van der Waals surface area (Å²) >= 11 is 6.82. The summed E-state index contributed by atoms with van der Waals surface area (Å²) in [6.45, 7) is 1.24. The summed E-state index contributed by atoms with van der Waals surface area (Å²) in [5, 5.41) is 6.66. The molecule has 0 saturated carbocycles. The number of aryl methyl sites for hydroxylation is 1. The Bertz CT molecular complexity index is 644. The van der Waals surface area contributed by atoms with Gasteiger partial charge in [-0.3, -0.25) is 4.79 Å². The first-order chi connectivity index (χ1) is 9.58. The van der Waals surface area contributed by atoms with Gasteiger partial charge in [-0.15, -0.1) is 5.10 Å². The van der Waals surface area contributed by atoms with Crippen LogP contribution in [0.3, 0.4) is 0 Å². The van der Waals surface area contributed by atoms with Gasteiger partial charge in [-0.25, -0.2) is 4.79 Å². The maximum Gasteiger partial charge on any atom is 0.352 e. The van der Waals surface area contributed by atoms with E-state index in [0.717, 1.165) is 11.5 Å². The highest BCUT2D eigenvalue weighted by Gasteiger charge is 2.16. The molecule has 0 saturated heterocycles. The zero-order chi connectivity index (χ0) is 14.5. The van der Waals surface area contributed by atoms with Gasteiger partial charge in [0, 0.05) is 0 Å². The van der Waals surface area contributed by atoms with Crippen molar-refractivity contribution in [1.29, 1.82) is 0 Å². The molecule has 0 radical (unpaired) electrons. The standard InChI is InChI=1S/C12H10ClN3O3S/c1-7-11(20-16-15-7)12(18)19-6-10(17)14-9-5-3-2-4-8(9)13/h2-5H,6H2,1H3,(H,14,17). The quantitative estimate of drug-likeness (QED) is 0.876. The molecule has 2 rings (SSSR count). The largest absolute Gasteiger partial charge is 0.451 e. The van der Waals surface area contributed by atoms with Crippen molar-refractivity contribution in [3.05, 3.63) is 39.9 Å². The predicted molar refractivity (Wildman–Crippen MR) is 75.0 cm³/mol. The number of hydrogen-bond donors (Lipinski definition) is 1. The monoisotopic (exact) mass is 311 g/mol. The molecular formula is C12H10ClN3O3S. The van der Waals surface area contributed by atoms with Crippen LogP contribution in [0.2, 0.25) is 5.02 Å². The van der Waals surface area contributed by atoms with Crippen molar-refractivity contribution in [2.45, 2.75) is 6.92 Å². The van der Waals surface area contributed by atoms with Crippen LogP contribution in [0, 0.1) is 6.92 Å². The number of nitrogens with one attached hydrogen (secondary N) is 1. The van der Waals surface area contributed by atoms with Crippen molar-refractivity contribution in [1.82, 2.24) is 9.59 Å². The Hall–Kier alpha value is -1.99. The van der Waals surface area contributed by atoms with Crippen LogP contribution in [0.5, 0.6) is 0 Å². The summed E-state index contributed by atoms with van der Waals surface area (Å²) in [7, 11) is 0. The average molecular weight is 312 g/mol. The topological polar surface area (TPSA) is 81.2 Å². The van der Waals surface area contributed by atoms with E-state index in [0.29, 0.717) is 16.4 Å². The van der Waals surface area contributed by atoms with Crippen molar-refractivity contribution in [2.75, 3.05) is 11.9 Å². The number of esters is 1. The first kappa shape index (κ1) is 14.4. The molecule has 0 atom stereocenters. The molecule has 1 aromatic heterocycles. The molecule has 0 bridgehead atoms. The second kappa shape index (κ2) is 6.44. The highest BCUT2D eigenvalue weighted by atomic mass is 35.5. The number of nitrogens with zero attached hydrogens (tertiary/aromatic N) is 2. The summed E-state index contributed by atoms with van der Waals surface area (Å²) in [5.41, 5.74) is 0.942. The Morgan fingerprint density at radius 1 is 1.40 bits per heavy atom. The van der Waals surface area contributed by atoms with Gasteiger partial charge in [0.25, 0.3) is 5.91 Å². The number of aromatic nitrogens is 2. The van der Waals surface area contributed by atoms with E-state index in [2.05, 4.69) is 14.9 Å². The minimum Gasteiger partial charge on any atom is -0.451 e. The molecule has 0 unspecified atom stereocenters. The van der Waals surface area contributed by atoms with Gasteiger partial charge < -0.3 is 10.1 Å². The number of carbonyl (C=O) groups is 2. The fourth-order valence-electron chi connectivity index (χ4n) is 1.36. The van der Waals surface area contributed by atoms with Gasteiger partial charge >= 0.3 is 5.97 Å². The minimum absolute atomic E-state index is 0.288. The fourth-order valence-corrected chi connectivity index (χ4v) is 2.10. The van der Waals surface area contributed by atoms with Gasteiger partial charge in [0.15, 0.2) is 11.5 Å². The second-order valence-electron chi connectivity index (χ2n) is 3.79. The highest BCUT2D eigenvalue weighted by Crippen LogP contribution is 2.20. The molecule has 8 heteroatoms. The third-order valence-corrected chi connectivity index (χ3v) is 3.46. The Kier molecular flexibility index (Phi) is 4.65. The number of halogens is 1. The smallest absolute Gasteiger partial charge is 0.352 e. The van der Waals surface area contributed by atoms with Crippen LogP contribution in [0.25, 0.3) is 0 Å². The van der Waals surface area contributed by atoms with Gasteiger partial charge in [-0.05, 0) is 30.6 Å². The zero-order valence-corrected chi connectivity index (χ0v) is 12.0. The lowest BCUT2D eigenvalue weighted by molar-refractivity contribution is -0.119. The lowest BCUT2D eigenvalue weighted by Gasteiger charge is -2.07. The molecule has 20 heavy (non-hydrogen) atoms. The van der Waals surface area contributed by atoms with E-state index in [4.69, 9.17) is 16.3 Å². The number of amides is 1. The third kappa shape index (κ3) is 3.52. The van der Waals surface area contributed by atoms with Crippen molar-refractivity contribution >= 4 is 40.7 Å². The maximum absolute atomic E-state index is 11.7. The van der Waals surface area contributed by atoms with Crippen molar-refractivity contribution < 1.29 is 14.3 Å². The zero-order valence-electron chi connectivity index (χ0n) is 10.4. The van der Waals surface area contributed by atoms with E-state index in [9.17, 15) is 9.59 Å². The number of carbonyl (C=O) groups excluding carboxylic acids is 2. The molecule has 1 N–H and O–H groups in total. The molecule has 1 aromatic carbocycles. The SMILES string of the molecule is Cc1nnsc1C(=O)OCC(=O)Nc1ccccc1Cl. The van der Waals surface area contributed by atoms with E-state index in [1.807, 2.05) is 0 Å². The van der Waals surface area contributed by atoms with E-state index < -0.39 is 18.5 Å². The number of ether oxygens (including phenoxy) is 1. The first-order valence-corrected chi connectivity index (χ1v) is 6.73. The van der Waals surface area contributed by atoms with E-state index in [1.165, 1.54) is 0 Å². The van der Waals surface area contributed by atoms with Crippen molar-refractivity contribution in [3.8, 4) is 0 Å². The van der Waals surface area contributed by atoms with Crippen LogP contribution in [-0.2, 0) is 9.53 Å². The molecule has 0 aliphatic carbocycles. The van der Waals surface area contributed by atoms with E-state index in [1.54, 1.807) is 31.2 Å². The van der Waals surface area contributed by atoms with Crippen LogP contribution < -0.4 is 5.32 Å². The van der Waals surface area contributed by atoms with Gasteiger partial charge in [0.2, 0.25) is 0 Å². The van der Waals surface area contributed by atoms with E-state index in [-0.39, 0.29) is 4.88 Å². The van der Waals surface area contributed by atoms with Gasteiger partial charge in [0.1, 0.15) is 0 Å². The summed E-state index contributed by atoms with van der Waals surface area (Å²) in [6, 6.07) is 6.78. The molecule has 0 spiro atoms. The Balaban J connectivity index is 1.89. The van der Waals surface area contributed by atoms with Gasteiger partial charge in [0.05, 0.1) is 16.4 Å². The summed E-state index contributed by atoms with van der Waals surface area (Å²) < 4.78 is 8.50. The number of rotatable bonds is 4. The Labute approximate surface area is 123 Å². The van der Waals surface area contributed by atoms with Gasteiger partial charge in [-0.2, -0.15) is 0 Å². The molecule has 6 nitrogen and oxygen atoms in total. The molecule has 104 valence electrons. The number of benzene rings is 1. The van der Waals surface area contributed by atoms with Gasteiger partial charge in [-0.1, -0.05) is 28.2 Å².